The molecule has 0 radical (unpaired) electrons. The van der Waals surface area contributed by atoms with E-state index in [0.717, 1.165) is 36.9 Å². The molecule has 154 valence electrons. The molecule has 2 saturated heterocycles. The second-order valence-corrected chi connectivity index (χ2v) is 8.48. The van der Waals surface area contributed by atoms with Crippen molar-refractivity contribution in [3.63, 3.8) is 0 Å². The minimum absolute atomic E-state index is 0.00453. The summed E-state index contributed by atoms with van der Waals surface area (Å²) < 4.78 is 2.27. The topological polar surface area (TPSA) is 97.5 Å². The number of pyridine rings is 1. The molecule has 2 fully saturated rings. The van der Waals surface area contributed by atoms with Crippen LogP contribution in [0.15, 0.2) is 21.9 Å². The number of rotatable bonds is 2. The van der Waals surface area contributed by atoms with E-state index in [1.807, 2.05) is 4.90 Å². The van der Waals surface area contributed by atoms with Crippen molar-refractivity contribution in [2.75, 3.05) is 24.7 Å². The lowest BCUT2D eigenvalue weighted by molar-refractivity contribution is -0.135. The van der Waals surface area contributed by atoms with Gasteiger partial charge in [-0.15, -0.1) is 11.8 Å². The molecule has 0 unspecified atom stereocenters. The van der Waals surface area contributed by atoms with E-state index in [2.05, 4.69) is 4.98 Å². The SMILES string of the molecule is Cn1c(=O)c2cc(C(=O)N3CSC[C@H]3C(=O)N3CCCCC3)cnc2n(C)c1=O. The molecule has 1 atom stereocenters. The highest BCUT2D eigenvalue weighted by Crippen LogP contribution is 2.26. The second-order valence-electron chi connectivity index (χ2n) is 7.48. The zero-order valence-electron chi connectivity index (χ0n) is 16.5. The third-order valence-corrected chi connectivity index (χ3v) is 6.65. The van der Waals surface area contributed by atoms with E-state index in [-0.39, 0.29) is 28.4 Å². The zero-order valence-corrected chi connectivity index (χ0v) is 17.3. The van der Waals surface area contributed by atoms with E-state index < -0.39 is 17.3 Å². The fourth-order valence-corrected chi connectivity index (χ4v) is 5.07. The van der Waals surface area contributed by atoms with Crippen LogP contribution in [0.3, 0.4) is 0 Å². The maximum absolute atomic E-state index is 13.2. The van der Waals surface area contributed by atoms with Gasteiger partial charge in [0.25, 0.3) is 11.5 Å². The number of fused-ring (bicyclic) bond motifs is 1. The first-order valence-corrected chi connectivity index (χ1v) is 10.8. The molecule has 2 aliphatic heterocycles. The predicted molar refractivity (Wildman–Crippen MR) is 110 cm³/mol. The summed E-state index contributed by atoms with van der Waals surface area (Å²) in [5.41, 5.74) is -0.502. The van der Waals surface area contributed by atoms with Crippen molar-refractivity contribution in [3.8, 4) is 0 Å². The van der Waals surface area contributed by atoms with Crippen LogP contribution in [0.2, 0.25) is 0 Å². The second kappa shape index (κ2) is 7.66. The van der Waals surface area contributed by atoms with E-state index in [4.69, 9.17) is 0 Å². The third-order valence-electron chi connectivity index (χ3n) is 5.64. The normalized spacial score (nSPS) is 19.7. The molecule has 2 aliphatic rings. The van der Waals surface area contributed by atoms with Gasteiger partial charge in [0.05, 0.1) is 16.8 Å². The van der Waals surface area contributed by atoms with E-state index in [9.17, 15) is 19.2 Å². The van der Waals surface area contributed by atoms with Crippen molar-refractivity contribution in [2.45, 2.75) is 25.3 Å². The molecule has 2 aromatic heterocycles. The van der Waals surface area contributed by atoms with Gasteiger partial charge in [-0.25, -0.2) is 9.78 Å². The number of hydrogen-bond acceptors (Lipinski definition) is 6. The molecule has 4 heterocycles. The molecule has 4 rings (SSSR count). The lowest BCUT2D eigenvalue weighted by Gasteiger charge is -2.32. The molecule has 29 heavy (non-hydrogen) atoms. The van der Waals surface area contributed by atoms with Gasteiger partial charge in [-0.1, -0.05) is 0 Å². The first-order valence-electron chi connectivity index (χ1n) is 9.63. The van der Waals surface area contributed by atoms with Gasteiger partial charge in [0.2, 0.25) is 5.91 Å². The molecule has 2 aromatic rings. The van der Waals surface area contributed by atoms with Crippen LogP contribution in [0.4, 0.5) is 0 Å². The smallest absolute Gasteiger partial charge is 0.332 e. The van der Waals surface area contributed by atoms with Crippen molar-refractivity contribution in [1.29, 1.82) is 0 Å². The lowest BCUT2D eigenvalue weighted by atomic mass is 10.1. The number of hydrogen-bond donors (Lipinski definition) is 0. The first-order chi connectivity index (χ1) is 13.9. The number of piperidine rings is 1. The lowest BCUT2D eigenvalue weighted by Crippen LogP contribution is -2.50. The van der Waals surface area contributed by atoms with Crippen molar-refractivity contribution >= 4 is 34.6 Å². The van der Waals surface area contributed by atoms with Crippen LogP contribution in [-0.2, 0) is 18.9 Å². The molecule has 0 aromatic carbocycles. The minimum Gasteiger partial charge on any atom is -0.341 e. The van der Waals surface area contributed by atoms with Gasteiger partial charge < -0.3 is 9.80 Å². The Bertz CT molecular complexity index is 1100. The Labute approximate surface area is 171 Å². The van der Waals surface area contributed by atoms with Gasteiger partial charge in [-0.2, -0.15) is 0 Å². The molecule has 0 bridgehead atoms. The van der Waals surface area contributed by atoms with Crippen molar-refractivity contribution in [1.82, 2.24) is 23.9 Å². The highest BCUT2D eigenvalue weighted by atomic mass is 32.2. The van der Waals surface area contributed by atoms with Gasteiger partial charge in [-0.05, 0) is 25.3 Å². The number of carbonyl (C=O) groups excluding carboxylic acids is 2. The minimum atomic E-state index is -0.498. The molecule has 10 heteroatoms. The van der Waals surface area contributed by atoms with Crippen LogP contribution in [0.25, 0.3) is 11.0 Å². The first kappa shape index (κ1) is 19.7. The molecule has 2 amide bonds. The molecule has 0 N–H and O–H groups in total. The monoisotopic (exact) mass is 417 g/mol. The molecule has 0 saturated carbocycles. The van der Waals surface area contributed by atoms with Crippen LogP contribution in [0.5, 0.6) is 0 Å². The Kier molecular flexibility index (Phi) is 5.20. The number of amides is 2. The summed E-state index contributed by atoms with van der Waals surface area (Å²) in [4.78, 5) is 58.3. The fourth-order valence-electron chi connectivity index (χ4n) is 3.92. The summed E-state index contributed by atoms with van der Waals surface area (Å²) in [6.45, 7) is 1.48. The molecule has 0 spiro atoms. The summed E-state index contributed by atoms with van der Waals surface area (Å²) in [5.74, 6) is 0.663. The number of aromatic nitrogens is 3. The molecule has 9 nitrogen and oxygen atoms in total. The highest BCUT2D eigenvalue weighted by molar-refractivity contribution is 7.99. The number of likely N-dealkylation sites (tertiary alicyclic amines) is 1. The van der Waals surface area contributed by atoms with E-state index in [1.54, 1.807) is 16.7 Å². The summed E-state index contributed by atoms with van der Waals surface area (Å²) in [5, 5.41) is 0.200. The molecular formula is C19H23N5O4S. The van der Waals surface area contributed by atoms with Gasteiger partial charge in [0, 0.05) is 39.1 Å². The number of carbonyl (C=O) groups is 2. The predicted octanol–water partition coefficient (Wildman–Crippen LogP) is 0.160. The van der Waals surface area contributed by atoms with Crippen LogP contribution in [-0.4, -0.2) is 66.5 Å². The van der Waals surface area contributed by atoms with Gasteiger partial charge in [0.1, 0.15) is 11.7 Å². The fraction of sp³-hybridized carbons (Fsp3) is 0.526. The van der Waals surface area contributed by atoms with Crippen molar-refractivity contribution in [2.24, 2.45) is 14.1 Å². The quantitative estimate of drug-likeness (QED) is 0.691. The summed E-state index contributed by atoms with van der Waals surface area (Å²) >= 11 is 1.55. The number of aryl methyl sites for hydroxylation is 1. The van der Waals surface area contributed by atoms with E-state index in [1.165, 1.54) is 30.9 Å². The average Bonchev–Trinajstić information content (AvgIpc) is 3.25. The Hall–Kier alpha value is -2.62. The van der Waals surface area contributed by atoms with Crippen molar-refractivity contribution in [3.05, 3.63) is 38.7 Å². The van der Waals surface area contributed by atoms with E-state index in [0.29, 0.717) is 11.6 Å². The van der Waals surface area contributed by atoms with Crippen LogP contribution >= 0.6 is 11.8 Å². The van der Waals surface area contributed by atoms with Gasteiger partial charge >= 0.3 is 5.69 Å². The largest absolute Gasteiger partial charge is 0.341 e. The molecule has 0 aliphatic carbocycles. The van der Waals surface area contributed by atoms with Crippen LogP contribution < -0.4 is 11.2 Å². The average molecular weight is 417 g/mol. The number of nitrogens with zero attached hydrogens (tertiary/aromatic N) is 5. The Morgan fingerprint density at radius 1 is 1.10 bits per heavy atom. The summed E-state index contributed by atoms with van der Waals surface area (Å²) in [7, 11) is 2.92. The third kappa shape index (κ3) is 3.35. The number of thioether (sulfide) groups is 1. The summed E-state index contributed by atoms with van der Waals surface area (Å²) in [6.07, 6.45) is 4.49. The van der Waals surface area contributed by atoms with Crippen LogP contribution in [0, 0.1) is 0 Å². The van der Waals surface area contributed by atoms with Crippen LogP contribution in [0.1, 0.15) is 29.6 Å². The van der Waals surface area contributed by atoms with Gasteiger partial charge in [0.15, 0.2) is 0 Å². The standard InChI is InChI=1S/C19H23N5O4S/c1-21-15-13(17(26)22(2)19(21)28)8-12(9-20-15)16(25)24-11-29-10-14(24)18(27)23-6-4-3-5-7-23/h8-9,14H,3-7,10-11H2,1-2H3/t14-/m0/s1. The highest BCUT2D eigenvalue weighted by Gasteiger charge is 2.38. The maximum Gasteiger partial charge on any atom is 0.332 e. The summed E-state index contributed by atoms with van der Waals surface area (Å²) in [6, 6.07) is 0.974. The van der Waals surface area contributed by atoms with Gasteiger partial charge in [-0.3, -0.25) is 23.5 Å². The maximum atomic E-state index is 13.2. The van der Waals surface area contributed by atoms with Crippen molar-refractivity contribution < 1.29 is 9.59 Å². The zero-order chi connectivity index (χ0) is 20.7. The molecular weight excluding hydrogens is 394 g/mol. The Balaban J connectivity index is 1.66. The Morgan fingerprint density at radius 3 is 2.55 bits per heavy atom. The van der Waals surface area contributed by atoms with E-state index >= 15 is 0 Å². The Morgan fingerprint density at radius 2 is 1.83 bits per heavy atom.